The Hall–Kier alpha value is -2.26. The number of hydrogen-bond donors (Lipinski definition) is 1. The minimum Gasteiger partial charge on any atom is -0.350 e. The Morgan fingerprint density at radius 3 is 2.73 bits per heavy atom. The second kappa shape index (κ2) is 5.85. The Bertz CT molecular complexity index is 862. The molecule has 0 bridgehead atoms. The molecule has 0 aliphatic rings. The van der Waals surface area contributed by atoms with Crippen LogP contribution in [-0.4, -0.2) is 10.8 Å². The first kappa shape index (κ1) is 14.7. The number of rotatable bonds is 3. The van der Waals surface area contributed by atoms with Crippen LogP contribution in [0.5, 0.6) is 0 Å². The van der Waals surface area contributed by atoms with Gasteiger partial charge in [-0.3, -0.25) is 5.43 Å². The highest BCUT2D eigenvalue weighted by molar-refractivity contribution is 6.31. The summed E-state index contributed by atoms with van der Waals surface area (Å²) in [5.74, 6) is 0. The van der Waals surface area contributed by atoms with Crippen molar-refractivity contribution in [1.82, 2.24) is 4.57 Å². The van der Waals surface area contributed by atoms with Crippen molar-refractivity contribution in [3.05, 3.63) is 64.3 Å². The molecule has 0 radical (unpaired) electrons. The van der Waals surface area contributed by atoms with Crippen LogP contribution in [0, 0.1) is 13.8 Å². The number of hydrogen-bond acceptors (Lipinski definition) is 2. The molecule has 0 saturated carbocycles. The first-order valence-electron chi connectivity index (χ1n) is 7.15. The lowest BCUT2D eigenvalue weighted by Gasteiger charge is -2.05. The van der Waals surface area contributed by atoms with Crippen LogP contribution in [0.4, 0.5) is 5.69 Å². The van der Waals surface area contributed by atoms with Gasteiger partial charge in [0.1, 0.15) is 0 Å². The van der Waals surface area contributed by atoms with Crippen molar-refractivity contribution >= 4 is 34.4 Å². The van der Waals surface area contributed by atoms with E-state index in [0.29, 0.717) is 0 Å². The topological polar surface area (TPSA) is 29.3 Å². The van der Waals surface area contributed by atoms with Crippen LogP contribution < -0.4 is 5.43 Å². The van der Waals surface area contributed by atoms with E-state index in [1.165, 1.54) is 11.1 Å². The van der Waals surface area contributed by atoms with E-state index in [2.05, 4.69) is 41.1 Å². The first-order chi connectivity index (χ1) is 10.5. The highest BCUT2D eigenvalue weighted by Gasteiger charge is 2.05. The summed E-state index contributed by atoms with van der Waals surface area (Å²) in [5.41, 5.74) is 8.72. The zero-order chi connectivity index (χ0) is 15.7. The minimum atomic E-state index is 0.741. The largest absolute Gasteiger partial charge is 0.350 e. The summed E-state index contributed by atoms with van der Waals surface area (Å²) in [4.78, 5) is 0. The van der Waals surface area contributed by atoms with Crippen LogP contribution in [0.2, 0.25) is 5.02 Å². The third-order valence-corrected chi connectivity index (χ3v) is 3.99. The Balaban J connectivity index is 1.87. The fourth-order valence-corrected chi connectivity index (χ4v) is 2.77. The van der Waals surface area contributed by atoms with E-state index in [9.17, 15) is 0 Å². The summed E-state index contributed by atoms with van der Waals surface area (Å²) >= 11 is 6.06. The maximum atomic E-state index is 6.06. The molecule has 1 aromatic heterocycles. The minimum absolute atomic E-state index is 0.741. The van der Waals surface area contributed by atoms with E-state index in [0.717, 1.165) is 27.2 Å². The van der Waals surface area contributed by atoms with Gasteiger partial charge in [0.2, 0.25) is 0 Å². The summed E-state index contributed by atoms with van der Waals surface area (Å²) in [6.07, 6.45) is 3.89. The summed E-state index contributed by atoms with van der Waals surface area (Å²) in [6.45, 7) is 4.16. The molecule has 0 aliphatic heterocycles. The highest BCUT2D eigenvalue weighted by atomic mass is 35.5. The second-order valence-electron chi connectivity index (χ2n) is 5.55. The lowest BCUT2D eigenvalue weighted by atomic mass is 10.1. The average Bonchev–Trinajstić information content (AvgIpc) is 2.77. The van der Waals surface area contributed by atoms with Gasteiger partial charge in [0.25, 0.3) is 0 Å². The molecule has 3 nitrogen and oxygen atoms in total. The molecule has 0 atom stereocenters. The molecule has 0 spiro atoms. The maximum Gasteiger partial charge on any atom is 0.0591 e. The van der Waals surface area contributed by atoms with Gasteiger partial charge in [-0.2, -0.15) is 5.10 Å². The molecule has 0 unspecified atom stereocenters. The number of aryl methyl sites for hydroxylation is 3. The molecule has 3 rings (SSSR count). The molecule has 112 valence electrons. The normalized spacial score (nSPS) is 11.5. The molecule has 3 aromatic rings. The summed E-state index contributed by atoms with van der Waals surface area (Å²) in [5, 5.41) is 6.25. The molecule has 0 fully saturated rings. The molecular weight excluding hydrogens is 294 g/mol. The Labute approximate surface area is 135 Å². The number of benzene rings is 2. The molecule has 1 N–H and O–H groups in total. The fourth-order valence-electron chi connectivity index (χ4n) is 2.60. The van der Waals surface area contributed by atoms with E-state index in [1.807, 2.05) is 43.7 Å². The van der Waals surface area contributed by atoms with Gasteiger partial charge in [0.15, 0.2) is 0 Å². The molecule has 2 aromatic carbocycles. The van der Waals surface area contributed by atoms with Crippen LogP contribution in [-0.2, 0) is 7.05 Å². The predicted octanol–water partition coefficient (Wildman–Crippen LogP) is 4.89. The van der Waals surface area contributed by atoms with E-state index in [4.69, 9.17) is 11.6 Å². The summed E-state index contributed by atoms with van der Waals surface area (Å²) in [6, 6.07) is 12.1. The van der Waals surface area contributed by atoms with Crippen molar-refractivity contribution < 1.29 is 0 Å². The smallest absolute Gasteiger partial charge is 0.0591 e. The zero-order valence-electron chi connectivity index (χ0n) is 12.9. The molecule has 22 heavy (non-hydrogen) atoms. The first-order valence-corrected chi connectivity index (χ1v) is 7.53. The van der Waals surface area contributed by atoms with Crippen LogP contribution in [0.1, 0.15) is 16.7 Å². The van der Waals surface area contributed by atoms with Crippen LogP contribution in [0.3, 0.4) is 0 Å². The lowest BCUT2D eigenvalue weighted by Crippen LogP contribution is -1.93. The van der Waals surface area contributed by atoms with Gasteiger partial charge in [-0.1, -0.05) is 35.4 Å². The summed E-state index contributed by atoms with van der Waals surface area (Å²) in [7, 11) is 2.01. The Morgan fingerprint density at radius 1 is 1.14 bits per heavy atom. The van der Waals surface area contributed by atoms with Crippen molar-refractivity contribution in [1.29, 1.82) is 0 Å². The molecule has 0 amide bonds. The summed E-state index contributed by atoms with van der Waals surface area (Å²) < 4.78 is 2.06. The van der Waals surface area contributed by atoms with Gasteiger partial charge in [-0.15, -0.1) is 0 Å². The SMILES string of the molecule is Cc1ccc(N/N=C/c2cn(C)c3cc(Cl)ccc23)c(C)c1. The molecule has 0 aliphatic carbocycles. The van der Waals surface area contributed by atoms with Crippen molar-refractivity contribution in [3.63, 3.8) is 0 Å². The van der Waals surface area contributed by atoms with Crippen LogP contribution >= 0.6 is 11.6 Å². The molecule has 4 heteroatoms. The van der Waals surface area contributed by atoms with Gasteiger partial charge in [0, 0.05) is 34.7 Å². The molecule has 1 heterocycles. The Kier molecular flexibility index (Phi) is 3.90. The number of fused-ring (bicyclic) bond motifs is 1. The van der Waals surface area contributed by atoms with Gasteiger partial charge < -0.3 is 4.57 Å². The third-order valence-electron chi connectivity index (χ3n) is 3.75. The number of hydrazone groups is 1. The lowest BCUT2D eigenvalue weighted by molar-refractivity contribution is 0.968. The maximum absolute atomic E-state index is 6.06. The number of halogens is 1. The average molecular weight is 312 g/mol. The van der Waals surface area contributed by atoms with Crippen molar-refractivity contribution in [2.45, 2.75) is 13.8 Å². The zero-order valence-corrected chi connectivity index (χ0v) is 13.6. The number of nitrogens with one attached hydrogen (secondary N) is 1. The van der Waals surface area contributed by atoms with Crippen molar-refractivity contribution in [2.75, 3.05) is 5.43 Å². The van der Waals surface area contributed by atoms with Gasteiger partial charge >= 0.3 is 0 Å². The number of anilines is 1. The van der Waals surface area contributed by atoms with Crippen molar-refractivity contribution in [2.24, 2.45) is 12.1 Å². The van der Waals surface area contributed by atoms with Gasteiger partial charge in [-0.25, -0.2) is 0 Å². The van der Waals surface area contributed by atoms with Gasteiger partial charge in [-0.05, 0) is 37.6 Å². The molecule has 0 saturated heterocycles. The Morgan fingerprint density at radius 2 is 1.95 bits per heavy atom. The van der Waals surface area contributed by atoms with Crippen LogP contribution in [0.15, 0.2) is 47.7 Å². The van der Waals surface area contributed by atoms with Crippen LogP contribution in [0.25, 0.3) is 10.9 Å². The predicted molar refractivity (Wildman–Crippen MR) is 95.1 cm³/mol. The van der Waals surface area contributed by atoms with E-state index < -0.39 is 0 Å². The monoisotopic (exact) mass is 311 g/mol. The van der Waals surface area contributed by atoms with E-state index in [1.54, 1.807) is 0 Å². The molecular formula is C18H18ClN3. The van der Waals surface area contributed by atoms with Gasteiger partial charge in [0.05, 0.1) is 11.9 Å². The number of aromatic nitrogens is 1. The van der Waals surface area contributed by atoms with E-state index in [-0.39, 0.29) is 0 Å². The third kappa shape index (κ3) is 2.85. The van der Waals surface area contributed by atoms with Crippen molar-refractivity contribution in [3.8, 4) is 0 Å². The highest BCUT2D eigenvalue weighted by Crippen LogP contribution is 2.23. The van der Waals surface area contributed by atoms with E-state index >= 15 is 0 Å². The second-order valence-corrected chi connectivity index (χ2v) is 5.98. The number of nitrogens with zero attached hydrogens (tertiary/aromatic N) is 2. The fraction of sp³-hybridized carbons (Fsp3) is 0.167. The quantitative estimate of drug-likeness (QED) is 0.541. The standard InChI is InChI=1S/C18H18ClN3/c1-12-4-7-17(13(2)8-12)21-20-10-14-11-22(3)18-9-15(19)5-6-16(14)18/h4-11,21H,1-3H3/b20-10+.